The first-order valence-corrected chi connectivity index (χ1v) is 6.10. The lowest BCUT2D eigenvalue weighted by atomic mass is 10.1. The fourth-order valence-electron chi connectivity index (χ4n) is 1.86. The predicted molar refractivity (Wildman–Crippen MR) is 67.3 cm³/mol. The van der Waals surface area contributed by atoms with Crippen molar-refractivity contribution < 1.29 is 0 Å². The number of aromatic nitrogens is 2. The minimum Gasteiger partial charge on any atom is -0.329 e. The Morgan fingerprint density at radius 2 is 2.19 bits per heavy atom. The molecule has 1 rings (SSSR count). The number of rotatable bonds is 6. The third kappa shape index (κ3) is 3.06. The number of nitrogens with zero attached hydrogens (tertiary/aromatic N) is 2. The van der Waals surface area contributed by atoms with E-state index in [9.17, 15) is 0 Å². The molecule has 0 fully saturated rings. The zero-order valence-corrected chi connectivity index (χ0v) is 10.8. The Kier molecular flexibility index (Phi) is 4.96. The Hall–Kier alpha value is -0.870. The molecule has 0 aliphatic carbocycles. The van der Waals surface area contributed by atoms with Crippen LogP contribution in [0.25, 0.3) is 0 Å². The van der Waals surface area contributed by atoms with Crippen LogP contribution in [0.3, 0.4) is 0 Å². The first-order chi connectivity index (χ1) is 7.62. The molecule has 16 heavy (non-hydrogen) atoms. The summed E-state index contributed by atoms with van der Waals surface area (Å²) in [6.45, 7) is 7.10. The van der Waals surface area contributed by atoms with Gasteiger partial charge in [-0.2, -0.15) is 5.10 Å². The van der Waals surface area contributed by atoms with Crippen LogP contribution in [0.2, 0.25) is 0 Å². The Morgan fingerprint density at radius 3 is 2.69 bits per heavy atom. The van der Waals surface area contributed by atoms with Gasteiger partial charge in [0.05, 0.1) is 5.69 Å². The van der Waals surface area contributed by atoms with E-state index in [2.05, 4.69) is 37.4 Å². The van der Waals surface area contributed by atoms with Crippen molar-refractivity contribution >= 4 is 0 Å². The molecule has 0 saturated heterocycles. The predicted octanol–water partition coefficient (Wildman–Crippen LogP) is 1.37. The minimum absolute atomic E-state index is 0.221. The summed E-state index contributed by atoms with van der Waals surface area (Å²) in [6.07, 6.45) is 4.14. The molecule has 0 spiro atoms. The van der Waals surface area contributed by atoms with Gasteiger partial charge in [0.1, 0.15) is 0 Å². The van der Waals surface area contributed by atoms with E-state index >= 15 is 0 Å². The molecule has 1 heterocycles. The topological polar surface area (TPSA) is 55.9 Å². The summed E-state index contributed by atoms with van der Waals surface area (Å²) >= 11 is 0. The number of hydrogen-bond donors (Lipinski definition) is 2. The van der Waals surface area contributed by atoms with E-state index in [-0.39, 0.29) is 6.04 Å². The third-order valence-electron chi connectivity index (χ3n) is 2.98. The molecule has 3 N–H and O–H groups in total. The number of hydrogen-bond acceptors (Lipinski definition) is 3. The zero-order chi connectivity index (χ0) is 12.1. The van der Waals surface area contributed by atoms with E-state index in [1.54, 1.807) is 0 Å². The van der Waals surface area contributed by atoms with Gasteiger partial charge in [0.15, 0.2) is 0 Å². The molecular formula is C12H24N4. The van der Waals surface area contributed by atoms with Gasteiger partial charge in [-0.1, -0.05) is 13.8 Å². The van der Waals surface area contributed by atoms with Crippen molar-refractivity contribution in [2.75, 3.05) is 6.54 Å². The Bertz CT molecular complexity index is 319. The Labute approximate surface area is 98.2 Å². The average Bonchev–Trinajstić information content (AvgIpc) is 2.66. The van der Waals surface area contributed by atoms with Gasteiger partial charge >= 0.3 is 0 Å². The second-order valence-corrected chi connectivity index (χ2v) is 4.32. The lowest BCUT2D eigenvalue weighted by Gasteiger charge is -2.21. The van der Waals surface area contributed by atoms with Crippen LogP contribution in [-0.2, 0) is 13.5 Å². The average molecular weight is 224 g/mol. The Morgan fingerprint density at radius 1 is 1.50 bits per heavy atom. The maximum absolute atomic E-state index is 5.84. The van der Waals surface area contributed by atoms with Crippen LogP contribution >= 0.6 is 0 Å². The standard InChI is InChI=1S/C12H24N4/c1-5-9(3)14-12(7-13)10-8-16(4)15-11(10)6-2/h8-9,12,14H,5-7,13H2,1-4H3. The molecule has 1 aromatic rings. The van der Waals surface area contributed by atoms with E-state index in [0.29, 0.717) is 12.6 Å². The first-order valence-electron chi connectivity index (χ1n) is 6.10. The van der Waals surface area contributed by atoms with E-state index in [4.69, 9.17) is 5.73 Å². The van der Waals surface area contributed by atoms with Crippen LogP contribution in [-0.4, -0.2) is 22.4 Å². The van der Waals surface area contributed by atoms with Gasteiger partial charge < -0.3 is 11.1 Å². The smallest absolute Gasteiger partial charge is 0.0670 e. The molecule has 0 amide bonds. The highest BCUT2D eigenvalue weighted by atomic mass is 15.3. The molecule has 0 aliphatic heterocycles. The van der Waals surface area contributed by atoms with Crippen LogP contribution in [0.15, 0.2) is 6.20 Å². The van der Waals surface area contributed by atoms with Gasteiger partial charge in [-0.3, -0.25) is 4.68 Å². The van der Waals surface area contributed by atoms with Gasteiger partial charge in [0.2, 0.25) is 0 Å². The SMILES string of the molecule is CCc1nn(C)cc1C(CN)NC(C)CC. The van der Waals surface area contributed by atoms with Crippen molar-refractivity contribution in [2.24, 2.45) is 12.8 Å². The fraction of sp³-hybridized carbons (Fsp3) is 0.750. The van der Waals surface area contributed by atoms with Gasteiger partial charge in [-0.05, 0) is 19.8 Å². The van der Waals surface area contributed by atoms with Crippen LogP contribution in [0.1, 0.15) is 44.5 Å². The molecule has 4 heteroatoms. The largest absolute Gasteiger partial charge is 0.329 e. The normalized spacial score (nSPS) is 15.1. The second-order valence-electron chi connectivity index (χ2n) is 4.32. The van der Waals surface area contributed by atoms with Crippen LogP contribution < -0.4 is 11.1 Å². The van der Waals surface area contributed by atoms with Gasteiger partial charge in [-0.15, -0.1) is 0 Å². The molecule has 2 unspecified atom stereocenters. The van der Waals surface area contributed by atoms with Gasteiger partial charge in [0, 0.05) is 37.4 Å². The van der Waals surface area contributed by atoms with Crippen LogP contribution in [0.4, 0.5) is 0 Å². The highest BCUT2D eigenvalue weighted by Gasteiger charge is 2.17. The van der Waals surface area contributed by atoms with E-state index in [1.807, 2.05) is 11.7 Å². The fourth-order valence-corrected chi connectivity index (χ4v) is 1.86. The molecule has 4 nitrogen and oxygen atoms in total. The first kappa shape index (κ1) is 13.2. The summed E-state index contributed by atoms with van der Waals surface area (Å²) < 4.78 is 1.87. The minimum atomic E-state index is 0.221. The molecule has 2 atom stereocenters. The number of nitrogens with one attached hydrogen (secondary N) is 1. The van der Waals surface area contributed by atoms with E-state index in [1.165, 1.54) is 5.56 Å². The maximum Gasteiger partial charge on any atom is 0.0670 e. The van der Waals surface area contributed by atoms with Crippen molar-refractivity contribution in [3.8, 4) is 0 Å². The van der Waals surface area contributed by atoms with Crippen molar-refractivity contribution in [2.45, 2.75) is 45.7 Å². The number of nitrogens with two attached hydrogens (primary N) is 1. The Balaban J connectivity index is 2.85. The van der Waals surface area contributed by atoms with E-state index in [0.717, 1.165) is 18.5 Å². The lowest BCUT2D eigenvalue weighted by Crippen LogP contribution is -2.34. The molecule has 0 saturated carbocycles. The van der Waals surface area contributed by atoms with Gasteiger partial charge in [0.25, 0.3) is 0 Å². The summed E-state index contributed by atoms with van der Waals surface area (Å²) in [4.78, 5) is 0. The van der Waals surface area contributed by atoms with E-state index < -0.39 is 0 Å². The van der Waals surface area contributed by atoms with Crippen LogP contribution in [0, 0.1) is 0 Å². The molecule has 92 valence electrons. The zero-order valence-electron chi connectivity index (χ0n) is 10.8. The van der Waals surface area contributed by atoms with Crippen molar-refractivity contribution in [3.05, 3.63) is 17.5 Å². The molecule has 1 aromatic heterocycles. The van der Waals surface area contributed by atoms with Crippen molar-refractivity contribution in [1.82, 2.24) is 15.1 Å². The molecule has 0 aromatic carbocycles. The van der Waals surface area contributed by atoms with Crippen molar-refractivity contribution in [3.63, 3.8) is 0 Å². The summed E-state index contributed by atoms with van der Waals surface area (Å²) in [5.41, 5.74) is 8.23. The number of aryl methyl sites for hydroxylation is 2. The quantitative estimate of drug-likeness (QED) is 0.767. The molecule has 0 aliphatic rings. The van der Waals surface area contributed by atoms with Crippen LogP contribution in [0.5, 0.6) is 0 Å². The lowest BCUT2D eigenvalue weighted by molar-refractivity contribution is 0.450. The summed E-state index contributed by atoms with van der Waals surface area (Å²) in [7, 11) is 1.96. The second kappa shape index (κ2) is 6.01. The van der Waals surface area contributed by atoms with Crippen molar-refractivity contribution in [1.29, 1.82) is 0 Å². The maximum atomic E-state index is 5.84. The molecule has 0 radical (unpaired) electrons. The summed E-state index contributed by atoms with van der Waals surface area (Å²) in [6, 6.07) is 0.706. The monoisotopic (exact) mass is 224 g/mol. The highest BCUT2D eigenvalue weighted by Crippen LogP contribution is 2.17. The van der Waals surface area contributed by atoms with Gasteiger partial charge in [-0.25, -0.2) is 0 Å². The highest BCUT2D eigenvalue weighted by molar-refractivity contribution is 5.22. The molecule has 0 bridgehead atoms. The molecular weight excluding hydrogens is 200 g/mol. The third-order valence-corrected chi connectivity index (χ3v) is 2.98. The summed E-state index contributed by atoms with van der Waals surface area (Å²) in [5, 5.41) is 7.99. The summed E-state index contributed by atoms with van der Waals surface area (Å²) in [5.74, 6) is 0.